The Hall–Kier alpha value is -3.61. The molecule has 0 aliphatic carbocycles. The van der Waals surface area contributed by atoms with Gasteiger partial charge in [0.05, 0.1) is 5.69 Å². The van der Waals surface area contributed by atoms with Crippen LogP contribution < -0.4 is 15.8 Å². The number of amides is 2. The lowest BCUT2D eigenvalue weighted by atomic mass is 10.1. The maximum Gasteiger partial charge on any atom is 0.321 e. The number of nitrogens with one attached hydrogen (secondary N) is 1. The van der Waals surface area contributed by atoms with Crippen LogP contribution in [0.3, 0.4) is 0 Å². The standard InChI is InChI=1S/C24H27N5O2/c1-17-8-9-20(16-19(17)3)29-23(30)11-10-22(26-29)27-12-14-28(15-13-27)24(31)25-21-7-5-4-6-18(21)2/h4-11,16H,12-15H2,1-3H3,(H,25,31). The molecule has 3 aromatic rings. The maximum absolute atomic E-state index is 12.6. The second kappa shape index (κ2) is 8.63. The van der Waals surface area contributed by atoms with Crippen LogP contribution in [0.4, 0.5) is 16.3 Å². The number of nitrogens with zero attached hydrogens (tertiary/aromatic N) is 4. The Morgan fingerprint density at radius 2 is 1.61 bits per heavy atom. The average Bonchev–Trinajstić information content (AvgIpc) is 2.78. The monoisotopic (exact) mass is 417 g/mol. The fourth-order valence-electron chi connectivity index (χ4n) is 3.66. The largest absolute Gasteiger partial charge is 0.352 e. The summed E-state index contributed by atoms with van der Waals surface area (Å²) in [5.74, 6) is 0.733. The number of benzene rings is 2. The Balaban J connectivity index is 1.45. The summed E-state index contributed by atoms with van der Waals surface area (Å²) in [6.45, 7) is 8.52. The predicted octanol–water partition coefficient (Wildman–Crippen LogP) is 3.51. The first-order valence-electron chi connectivity index (χ1n) is 10.5. The van der Waals surface area contributed by atoms with Gasteiger partial charge in [0, 0.05) is 37.9 Å². The molecule has 1 aromatic heterocycles. The first-order valence-corrected chi connectivity index (χ1v) is 10.5. The molecule has 1 aliphatic heterocycles. The molecule has 2 heterocycles. The molecule has 7 nitrogen and oxygen atoms in total. The van der Waals surface area contributed by atoms with E-state index in [-0.39, 0.29) is 11.6 Å². The number of para-hydroxylation sites is 1. The van der Waals surface area contributed by atoms with Crippen molar-refractivity contribution in [3.8, 4) is 5.69 Å². The second-order valence-electron chi connectivity index (χ2n) is 7.93. The normalized spacial score (nSPS) is 13.9. The summed E-state index contributed by atoms with van der Waals surface area (Å²) in [6.07, 6.45) is 0. The van der Waals surface area contributed by atoms with Crippen LogP contribution in [0.15, 0.2) is 59.4 Å². The van der Waals surface area contributed by atoms with Crippen molar-refractivity contribution in [2.24, 2.45) is 0 Å². The Morgan fingerprint density at radius 3 is 2.32 bits per heavy atom. The van der Waals surface area contributed by atoms with E-state index in [1.165, 1.54) is 10.2 Å². The van der Waals surface area contributed by atoms with E-state index in [9.17, 15) is 9.59 Å². The van der Waals surface area contributed by atoms with Gasteiger partial charge in [0.15, 0.2) is 0 Å². The van der Waals surface area contributed by atoms with Gasteiger partial charge in [0.1, 0.15) is 5.82 Å². The Bertz CT molecular complexity index is 1160. The third kappa shape index (κ3) is 4.45. The molecular weight excluding hydrogens is 390 g/mol. The molecule has 2 amide bonds. The van der Waals surface area contributed by atoms with Crippen molar-refractivity contribution in [1.82, 2.24) is 14.7 Å². The van der Waals surface area contributed by atoms with Crippen molar-refractivity contribution in [3.05, 3.63) is 81.6 Å². The van der Waals surface area contributed by atoms with Gasteiger partial charge in [0.2, 0.25) is 0 Å². The lowest BCUT2D eigenvalue weighted by molar-refractivity contribution is 0.208. The maximum atomic E-state index is 12.6. The van der Waals surface area contributed by atoms with Crippen molar-refractivity contribution in [2.75, 3.05) is 36.4 Å². The van der Waals surface area contributed by atoms with Crippen molar-refractivity contribution < 1.29 is 4.79 Å². The summed E-state index contributed by atoms with van der Waals surface area (Å²) < 4.78 is 1.44. The lowest BCUT2D eigenvalue weighted by Gasteiger charge is -2.35. The topological polar surface area (TPSA) is 70.5 Å². The summed E-state index contributed by atoms with van der Waals surface area (Å²) in [6, 6.07) is 16.8. The van der Waals surface area contributed by atoms with E-state index in [1.54, 1.807) is 12.1 Å². The molecule has 1 aliphatic rings. The van der Waals surface area contributed by atoms with E-state index >= 15 is 0 Å². The number of hydrogen-bond donors (Lipinski definition) is 1. The third-order valence-electron chi connectivity index (χ3n) is 5.80. The smallest absolute Gasteiger partial charge is 0.321 e. The van der Waals surface area contributed by atoms with Crippen molar-refractivity contribution in [1.29, 1.82) is 0 Å². The van der Waals surface area contributed by atoms with E-state index in [4.69, 9.17) is 0 Å². The molecule has 0 spiro atoms. The highest BCUT2D eigenvalue weighted by Crippen LogP contribution is 2.17. The predicted molar refractivity (Wildman–Crippen MR) is 123 cm³/mol. The summed E-state index contributed by atoms with van der Waals surface area (Å²) in [7, 11) is 0. The highest BCUT2D eigenvalue weighted by molar-refractivity contribution is 5.90. The molecule has 4 rings (SSSR count). The van der Waals surface area contributed by atoms with Crippen LogP contribution in [0.25, 0.3) is 5.69 Å². The van der Waals surface area contributed by atoms with Crippen molar-refractivity contribution in [2.45, 2.75) is 20.8 Å². The summed E-state index contributed by atoms with van der Waals surface area (Å²) >= 11 is 0. The first-order chi connectivity index (χ1) is 14.9. The molecule has 0 unspecified atom stereocenters. The fraction of sp³-hybridized carbons (Fsp3) is 0.292. The van der Waals surface area contributed by atoms with Gasteiger partial charge in [-0.25, -0.2) is 4.79 Å². The number of rotatable bonds is 3. The average molecular weight is 418 g/mol. The van der Waals surface area contributed by atoms with Crippen LogP contribution in [0.5, 0.6) is 0 Å². The van der Waals surface area contributed by atoms with Crippen molar-refractivity contribution in [3.63, 3.8) is 0 Å². The number of aryl methyl sites for hydroxylation is 3. The molecule has 2 aromatic carbocycles. The lowest BCUT2D eigenvalue weighted by Crippen LogP contribution is -2.50. The van der Waals surface area contributed by atoms with Gasteiger partial charge in [-0.15, -0.1) is 5.10 Å². The molecule has 160 valence electrons. The van der Waals surface area contributed by atoms with Gasteiger partial charge in [-0.1, -0.05) is 24.3 Å². The zero-order chi connectivity index (χ0) is 22.0. The van der Waals surface area contributed by atoms with E-state index in [2.05, 4.69) is 15.3 Å². The summed E-state index contributed by atoms with van der Waals surface area (Å²) in [4.78, 5) is 29.0. The third-order valence-corrected chi connectivity index (χ3v) is 5.80. The van der Waals surface area contributed by atoms with Crippen LogP contribution in [0, 0.1) is 20.8 Å². The zero-order valence-electron chi connectivity index (χ0n) is 18.1. The van der Waals surface area contributed by atoms with Crippen LogP contribution in [-0.4, -0.2) is 46.9 Å². The molecule has 0 bridgehead atoms. The van der Waals surface area contributed by atoms with E-state index in [0.29, 0.717) is 26.2 Å². The molecule has 7 heteroatoms. The summed E-state index contributed by atoms with van der Waals surface area (Å²) in [5, 5.41) is 7.59. The number of hydrogen-bond acceptors (Lipinski definition) is 4. The minimum Gasteiger partial charge on any atom is -0.352 e. The fourth-order valence-corrected chi connectivity index (χ4v) is 3.66. The molecule has 0 radical (unpaired) electrons. The zero-order valence-corrected chi connectivity index (χ0v) is 18.1. The number of piperazine rings is 1. The molecule has 1 fully saturated rings. The van der Waals surface area contributed by atoms with E-state index < -0.39 is 0 Å². The molecule has 0 atom stereocenters. The van der Waals surface area contributed by atoms with Crippen LogP contribution >= 0.6 is 0 Å². The first kappa shape index (κ1) is 20.7. The molecule has 0 saturated carbocycles. The van der Waals surface area contributed by atoms with Gasteiger partial charge in [-0.3, -0.25) is 4.79 Å². The summed E-state index contributed by atoms with van der Waals surface area (Å²) in [5.41, 5.74) is 4.75. The number of urea groups is 1. The number of aromatic nitrogens is 2. The highest BCUT2D eigenvalue weighted by Gasteiger charge is 2.23. The highest BCUT2D eigenvalue weighted by atomic mass is 16.2. The molecule has 31 heavy (non-hydrogen) atoms. The van der Waals surface area contributed by atoms with Crippen LogP contribution in [0.1, 0.15) is 16.7 Å². The molecule has 1 saturated heterocycles. The molecular formula is C24H27N5O2. The van der Waals surface area contributed by atoms with Crippen LogP contribution in [-0.2, 0) is 0 Å². The van der Waals surface area contributed by atoms with Gasteiger partial charge < -0.3 is 15.1 Å². The number of carbonyl (C=O) groups excluding carboxylic acids is 1. The van der Waals surface area contributed by atoms with E-state index in [1.807, 2.05) is 68.1 Å². The van der Waals surface area contributed by atoms with Crippen LogP contribution in [0.2, 0.25) is 0 Å². The molecule has 1 N–H and O–H groups in total. The van der Waals surface area contributed by atoms with Gasteiger partial charge in [0.25, 0.3) is 5.56 Å². The quantitative estimate of drug-likeness (QED) is 0.708. The Kier molecular flexibility index (Phi) is 5.75. The Morgan fingerprint density at radius 1 is 0.871 bits per heavy atom. The number of carbonyl (C=O) groups is 1. The van der Waals surface area contributed by atoms with Gasteiger partial charge >= 0.3 is 6.03 Å². The Labute approximate surface area is 181 Å². The number of anilines is 2. The van der Waals surface area contributed by atoms with Crippen molar-refractivity contribution >= 4 is 17.5 Å². The van der Waals surface area contributed by atoms with Gasteiger partial charge in [-0.2, -0.15) is 4.68 Å². The second-order valence-corrected chi connectivity index (χ2v) is 7.93. The van der Waals surface area contributed by atoms with E-state index in [0.717, 1.165) is 28.3 Å². The SMILES string of the molecule is Cc1ccc(-n2nc(N3CCN(C(=O)Nc4ccccc4C)CC3)ccc2=O)cc1C. The minimum absolute atomic E-state index is 0.0954. The minimum atomic E-state index is -0.164. The van der Waals surface area contributed by atoms with Gasteiger partial charge in [-0.05, 0) is 61.7 Å².